The molecular weight excluding hydrogens is 322 g/mol. The first-order chi connectivity index (χ1) is 12.3. The van der Waals surface area contributed by atoms with Crippen LogP contribution in [0.2, 0.25) is 0 Å². The molecule has 2 heterocycles. The molecule has 8 heteroatoms. The first kappa shape index (κ1) is 15.0. The van der Waals surface area contributed by atoms with Crippen LogP contribution in [0.5, 0.6) is 5.75 Å². The van der Waals surface area contributed by atoms with Crippen LogP contribution in [0.1, 0.15) is 5.89 Å². The van der Waals surface area contributed by atoms with E-state index >= 15 is 0 Å². The van der Waals surface area contributed by atoms with Crippen LogP contribution < -0.4 is 10.3 Å². The fraction of sp³-hybridized carbons (Fsp3) is 0.118. The van der Waals surface area contributed by atoms with Gasteiger partial charge in [-0.3, -0.25) is 4.79 Å². The molecule has 0 N–H and O–H groups in total. The van der Waals surface area contributed by atoms with Gasteiger partial charge in [0.15, 0.2) is 0 Å². The first-order valence-corrected chi connectivity index (χ1v) is 7.55. The van der Waals surface area contributed by atoms with Crippen molar-refractivity contribution in [3.8, 4) is 17.1 Å². The number of nitrogens with zero attached hydrogens (tertiary/aromatic N) is 5. The van der Waals surface area contributed by atoms with Crippen LogP contribution in [0.4, 0.5) is 0 Å². The second-order valence-electron chi connectivity index (χ2n) is 5.28. The predicted molar refractivity (Wildman–Crippen MR) is 89.2 cm³/mol. The smallest absolute Gasteiger partial charge is 0.278 e. The van der Waals surface area contributed by atoms with Gasteiger partial charge in [-0.2, -0.15) is 4.98 Å². The molecule has 4 rings (SSSR count). The Morgan fingerprint density at radius 3 is 2.80 bits per heavy atom. The van der Waals surface area contributed by atoms with Crippen LogP contribution in [0.15, 0.2) is 57.8 Å². The van der Waals surface area contributed by atoms with E-state index in [1.807, 2.05) is 24.3 Å². The van der Waals surface area contributed by atoms with Gasteiger partial charge in [-0.25, -0.2) is 4.68 Å². The Morgan fingerprint density at radius 1 is 1.12 bits per heavy atom. The van der Waals surface area contributed by atoms with Crippen LogP contribution in [-0.4, -0.2) is 32.2 Å². The molecule has 124 valence electrons. The van der Waals surface area contributed by atoms with Gasteiger partial charge in [-0.15, -0.1) is 5.10 Å². The Balaban J connectivity index is 1.68. The summed E-state index contributed by atoms with van der Waals surface area (Å²) in [6.07, 6.45) is 0. The van der Waals surface area contributed by atoms with Gasteiger partial charge >= 0.3 is 0 Å². The van der Waals surface area contributed by atoms with Gasteiger partial charge in [0.25, 0.3) is 5.56 Å². The number of para-hydroxylation sites is 1. The fourth-order valence-corrected chi connectivity index (χ4v) is 2.51. The highest BCUT2D eigenvalue weighted by Gasteiger charge is 2.14. The second-order valence-corrected chi connectivity index (χ2v) is 5.28. The van der Waals surface area contributed by atoms with Crippen LogP contribution >= 0.6 is 0 Å². The van der Waals surface area contributed by atoms with E-state index in [0.717, 1.165) is 0 Å². The summed E-state index contributed by atoms with van der Waals surface area (Å²) < 4.78 is 11.7. The summed E-state index contributed by atoms with van der Waals surface area (Å²) in [4.78, 5) is 16.8. The molecule has 0 atom stereocenters. The molecule has 0 aliphatic carbocycles. The SMILES string of the molecule is COc1ccccc1-c1noc(Cn2nnc3ccccc3c2=O)n1. The molecule has 2 aromatic carbocycles. The van der Waals surface area contributed by atoms with E-state index in [-0.39, 0.29) is 18.0 Å². The molecule has 0 spiro atoms. The van der Waals surface area contributed by atoms with Gasteiger partial charge in [0.2, 0.25) is 11.7 Å². The van der Waals surface area contributed by atoms with Crippen molar-refractivity contribution in [2.45, 2.75) is 6.54 Å². The van der Waals surface area contributed by atoms with E-state index in [1.165, 1.54) is 4.68 Å². The Hall–Kier alpha value is -3.55. The maximum Gasteiger partial charge on any atom is 0.278 e. The fourth-order valence-electron chi connectivity index (χ4n) is 2.51. The van der Waals surface area contributed by atoms with E-state index in [2.05, 4.69) is 20.5 Å². The molecule has 0 fully saturated rings. The summed E-state index contributed by atoms with van der Waals surface area (Å²) in [5.41, 5.74) is 0.989. The maximum absolute atomic E-state index is 12.5. The highest BCUT2D eigenvalue weighted by atomic mass is 16.5. The van der Waals surface area contributed by atoms with Crippen LogP contribution in [0.25, 0.3) is 22.3 Å². The quantitative estimate of drug-likeness (QED) is 0.562. The Kier molecular flexibility index (Phi) is 3.70. The molecule has 0 aliphatic rings. The monoisotopic (exact) mass is 335 g/mol. The summed E-state index contributed by atoms with van der Waals surface area (Å²) in [5.74, 6) is 1.28. The second kappa shape index (κ2) is 6.16. The lowest BCUT2D eigenvalue weighted by molar-refractivity contribution is 0.360. The Bertz CT molecular complexity index is 1100. The maximum atomic E-state index is 12.5. The number of benzene rings is 2. The minimum atomic E-state index is -0.261. The molecule has 4 aromatic rings. The van der Waals surface area contributed by atoms with Crippen molar-refractivity contribution in [2.75, 3.05) is 7.11 Å². The van der Waals surface area contributed by atoms with Crippen molar-refractivity contribution in [2.24, 2.45) is 0 Å². The Morgan fingerprint density at radius 2 is 1.92 bits per heavy atom. The van der Waals surface area contributed by atoms with Crippen LogP contribution in [0, 0.1) is 0 Å². The number of hydrogen-bond donors (Lipinski definition) is 0. The number of rotatable bonds is 4. The standard InChI is InChI=1S/C17H13N5O3/c1-24-14-9-5-3-7-12(14)16-18-15(25-20-16)10-22-17(23)11-6-2-4-8-13(11)19-21-22/h2-9H,10H2,1H3. The van der Waals surface area contributed by atoms with Crippen molar-refractivity contribution in [3.63, 3.8) is 0 Å². The van der Waals surface area contributed by atoms with E-state index in [4.69, 9.17) is 9.26 Å². The zero-order valence-electron chi connectivity index (χ0n) is 13.3. The summed E-state index contributed by atoms with van der Waals surface area (Å²) >= 11 is 0. The number of hydrogen-bond acceptors (Lipinski definition) is 7. The third kappa shape index (κ3) is 2.74. The third-order valence-electron chi connectivity index (χ3n) is 3.73. The van der Waals surface area contributed by atoms with Crippen molar-refractivity contribution in [1.82, 2.24) is 25.1 Å². The van der Waals surface area contributed by atoms with Crippen molar-refractivity contribution < 1.29 is 9.26 Å². The summed E-state index contributed by atoms with van der Waals surface area (Å²) in [6.45, 7) is 0.0405. The lowest BCUT2D eigenvalue weighted by Crippen LogP contribution is -2.24. The molecule has 0 unspecified atom stereocenters. The lowest BCUT2D eigenvalue weighted by atomic mass is 10.2. The summed E-state index contributed by atoms with van der Waals surface area (Å²) in [7, 11) is 1.57. The zero-order valence-corrected chi connectivity index (χ0v) is 13.3. The topological polar surface area (TPSA) is 95.9 Å². The van der Waals surface area contributed by atoms with Gasteiger partial charge in [0.05, 0.1) is 18.1 Å². The summed E-state index contributed by atoms with van der Waals surface area (Å²) in [6, 6.07) is 14.4. The molecule has 8 nitrogen and oxygen atoms in total. The third-order valence-corrected chi connectivity index (χ3v) is 3.73. The number of ether oxygens (including phenoxy) is 1. The van der Waals surface area contributed by atoms with Gasteiger partial charge < -0.3 is 9.26 Å². The lowest BCUT2D eigenvalue weighted by Gasteiger charge is -2.03. The molecular formula is C17H13N5O3. The molecule has 0 radical (unpaired) electrons. The zero-order chi connectivity index (χ0) is 17.2. The van der Waals surface area contributed by atoms with Crippen molar-refractivity contribution in [1.29, 1.82) is 0 Å². The number of fused-ring (bicyclic) bond motifs is 1. The van der Waals surface area contributed by atoms with E-state index < -0.39 is 0 Å². The average Bonchev–Trinajstić information content (AvgIpc) is 3.12. The van der Waals surface area contributed by atoms with Gasteiger partial charge in [-0.1, -0.05) is 34.6 Å². The molecule has 25 heavy (non-hydrogen) atoms. The molecule has 2 aromatic heterocycles. The number of aromatic nitrogens is 5. The highest BCUT2D eigenvalue weighted by Crippen LogP contribution is 2.27. The molecule has 0 saturated carbocycles. The van der Waals surface area contributed by atoms with Crippen LogP contribution in [-0.2, 0) is 6.54 Å². The van der Waals surface area contributed by atoms with E-state index in [9.17, 15) is 4.79 Å². The first-order valence-electron chi connectivity index (χ1n) is 7.55. The van der Waals surface area contributed by atoms with Crippen molar-refractivity contribution >= 4 is 10.9 Å². The minimum Gasteiger partial charge on any atom is -0.496 e. The minimum absolute atomic E-state index is 0.0405. The average molecular weight is 335 g/mol. The largest absolute Gasteiger partial charge is 0.496 e. The van der Waals surface area contributed by atoms with E-state index in [0.29, 0.717) is 28.0 Å². The van der Waals surface area contributed by atoms with Crippen molar-refractivity contribution in [3.05, 3.63) is 64.8 Å². The molecule has 0 aliphatic heterocycles. The Labute approximate surface area is 141 Å². The van der Waals surface area contributed by atoms with Gasteiger partial charge in [0, 0.05) is 0 Å². The van der Waals surface area contributed by atoms with Gasteiger partial charge in [0.1, 0.15) is 17.8 Å². The predicted octanol–water partition coefficient (Wildman–Crippen LogP) is 1.90. The normalized spacial score (nSPS) is 10.9. The van der Waals surface area contributed by atoms with Crippen LogP contribution in [0.3, 0.4) is 0 Å². The highest BCUT2D eigenvalue weighted by molar-refractivity contribution is 5.76. The molecule has 0 saturated heterocycles. The van der Waals surface area contributed by atoms with Gasteiger partial charge in [-0.05, 0) is 24.3 Å². The molecule has 0 bridgehead atoms. The number of methoxy groups -OCH3 is 1. The van der Waals surface area contributed by atoms with E-state index in [1.54, 1.807) is 31.4 Å². The summed E-state index contributed by atoms with van der Waals surface area (Å²) in [5, 5.41) is 12.4. The molecule has 0 amide bonds.